The number of hydrogen-bond acceptors (Lipinski definition) is 4. The van der Waals surface area contributed by atoms with Gasteiger partial charge in [0.25, 0.3) is 5.91 Å². The monoisotopic (exact) mass is 282 g/mol. The van der Waals surface area contributed by atoms with Crippen LogP contribution in [-0.2, 0) is 0 Å². The number of rotatable bonds is 5. The number of thiophene rings is 1. The first-order valence-electron chi connectivity index (χ1n) is 6.96. The van der Waals surface area contributed by atoms with Gasteiger partial charge in [-0.1, -0.05) is 0 Å². The van der Waals surface area contributed by atoms with Crippen molar-refractivity contribution in [3.8, 4) is 0 Å². The van der Waals surface area contributed by atoms with E-state index >= 15 is 0 Å². The molecule has 1 fully saturated rings. The van der Waals surface area contributed by atoms with Crippen LogP contribution in [0.2, 0.25) is 0 Å². The van der Waals surface area contributed by atoms with Crippen LogP contribution in [-0.4, -0.2) is 60.1 Å². The van der Waals surface area contributed by atoms with Gasteiger partial charge in [-0.25, -0.2) is 0 Å². The average Bonchev–Trinajstić information content (AvgIpc) is 2.85. The van der Waals surface area contributed by atoms with Gasteiger partial charge in [-0.3, -0.25) is 4.79 Å². The lowest BCUT2D eigenvalue weighted by atomic mass is 10.3. The van der Waals surface area contributed by atoms with Crippen LogP contribution >= 0.6 is 11.3 Å². The Labute approximate surface area is 118 Å². The fraction of sp³-hybridized carbons (Fsp3) is 0.643. The van der Waals surface area contributed by atoms with Crippen molar-refractivity contribution < 1.29 is 9.90 Å². The maximum Gasteiger partial charge on any atom is 0.254 e. The van der Waals surface area contributed by atoms with Crippen molar-refractivity contribution in [3.63, 3.8) is 0 Å². The summed E-state index contributed by atoms with van der Waals surface area (Å²) in [4.78, 5) is 16.6. The number of nitrogens with zero attached hydrogens (tertiary/aromatic N) is 2. The third kappa shape index (κ3) is 4.30. The van der Waals surface area contributed by atoms with Crippen molar-refractivity contribution in [3.05, 3.63) is 22.4 Å². The molecule has 106 valence electrons. The van der Waals surface area contributed by atoms with E-state index in [1.54, 1.807) is 11.3 Å². The first-order chi connectivity index (χ1) is 9.31. The molecular weight excluding hydrogens is 260 g/mol. The number of unbranched alkanes of at least 4 members (excludes halogenated alkanes) is 1. The Balaban J connectivity index is 1.81. The van der Waals surface area contributed by atoms with E-state index in [2.05, 4.69) is 4.90 Å². The highest BCUT2D eigenvalue weighted by Gasteiger charge is 2.20. The van der Waals surface area contributed by atoms with Crippen LogP contribution in [0.1, 0.15) is 29.6 Å². The predicted octanol–water partition coefficient (Wildman–Crippen LogP) is 1.67. The fourth-order valence-electron chi connectivity index (χ4n) is 2.41. The Morgan fingerprint density at radius 1 is 1.26 bits per heavy atom. The molecule has 2 rings (SSSR count). The van der Waals surface area contributed by atoms with Crippen molar-refractivity contribution in [1.29, 1.82) is 0 Å². The van der Waals surface area contributed by atoms with Gasteiger partial charge in [-0.2, -0.15) is 11.3 Å². The van der Waals surface area contributed by atoms with Gasteiger partial charge in [0, 0.05) is 31.6 Å². The largest absolute Gasteiger partial charge is 0.396 e. The summed E-state index contributed by atoms with van der Waals surface area (Å²) in [5.41, 5.74) is 0.818. The molecule has 1 N–H and O–H groups in total. The standard InChI is InChI=1S/C14H22N2O2S/c17-10-2-1-5-15-6-3-7-16(9-8-15)14(18)13-4-11-19-12-13/h4,11-12,17H,1-3,5-10H2. The van der Waals surface area contributed by atoms with Crippen molar-refractivity contribution >= 4 is 17.2 Å². The summed E-state index contributed by atoms with van der Waals surface area (Å²) in [5.74, 6) is 0.165. The first-order valence-corrected chi connectivity index (χ1v) is 7.90. The SMILES string of the molecule is O=C(c1ccsc1)N1CCCN(CCCCO)CC1. The van der Waals surface area contributed by atoms with E-state index in [4.69, 9.17) is 5.11 Å². The maximum atomic E-state index is 12.3. The Morgan fingerprint density at radius 2 is 2.16 bits per heavy atom. The van der Waals surface area contributed by atoms with E-state index in [-0.39, 0.29) is 12.5 Å². The molecule has 1 aromatic heterocycles. The fourth-order valence-corrected chi connectivity index (χ4v) is 3.04. The van der Waals surface area contributed by atoms with E-state index in [1.807, 2.05) is 21.7 Å². The van der Waals surface area contributed by atoms with Gasteiger partial charge in [0.05, 0.1) is 5.56 Å². The number of aliphatic hydroxyl groups excluding tert-OH is 1. The third-order valence-corrected chi connectivity index (χ3v) is 4.21. The summed E-state index contributed by atoms with van der Waals surface area (Å²) in [6, 6.07) is 1.90. The third-order valence-electron chi connectivity index (χ3n) is 3.53. The zero-order valence-electron chi connectivity index (χ0n) is 11.3. The Morgan fingerprint density at radius 3 is 2.89 bits per heavy atom. The van der Waals surface area contributed by atoms with Gasteiger partial charge < -0.3 is 14.9 Å². The molecule has 1 amide bonds. The quantitative estimate of drug-likeness (QED) is 0.836. The Hall–Kier alpha value is -0.910. The van der Waals surface area contributed by atoms with Gasteiger partial charge in [-0.05, 0) is 43.8 Å². The van der Waals surface area contributed by atoms with E-state index in [1.165, 1.54) is 0 Å². The minimum Gasteiger partial charge on any atom is -0.396 e. The van der Waals surface area contributed by atoms with Crippen LogP contribution in [0.3, 0.4) is 0 Å². The molecule has 0 aromatic carbocycles. The highest BCUT2D eigenvalue weighted by atomic mass is 32.1. The normalized spacial score (nSPS) is 17.4. The molecular formula is C14H22N2O2S. The minimum atomic E-state index is 0.165. The van der Waals surface area contributed by atoms with Crippen molar-refractivity contribution in [2.24, 2.45) is 0 Å². The predicted molar refractivity (Wildman–Crippen MR) is 77.6 cm³/mol. The van der Waals surface area contributed by atoms with E-state index < -0.39 is 0 Å². The van der Waals surface area contributed by atoms with Gasteiger partial charge >= 0.3 is 0 Å². The average molecular weight is 282 g/mol. The summed E-state index contributed by atoms with van der Waals surface area (Å²) in [6.45, 7) is 4.97. The molecule has 0 spiro atoms. The van der Waals surface area contributed by atoms with Crippen LogP contribution in [0.4, 0.5) is 0 Å². The summed E-state index contributed by atoms with van der Waals surface area (Å²) in [6.07, 6.45) is 2.94. The molecule has 0 bridgehead atoms. The Bertz CT molecular complexity index is 381. The summed E-state index contributed by atoms with van der Waals surface area (Å²) < 4.78 is 0. The Kier molecular flexibility index (Phi) is 5.82. The first kappa shape index (κ1) is 14.5. The zero-order valence-corrected chi connectivity index (χ0v) is 12.1. The number of amides is 1. The van der Waals surface area contributed by atoms with E-state index in [0.29, 0.717) is 0 Å². The zero-order chi connectivity index (χ0) is 13.5. The molecule has 4 nitrogen and oxygen atoms in total. The molecule has 0 unspecified atom stereocenters. The molecule has 0 atom stereocenters. The van der Waals surface area contributed by atoms with Crippen LogP contribution in [0.15, 0.2) is 16.8 Å². The second kappa shape index (κ2) is 7.62. The highest BCUT2D eigenvalue weighted by molar-refractivity contribution is 7.08. The van der Waals surface area contributed by atoms with Crippen LogP contribution in [0.25, 0.3) is 0 Å². The van der Waals surface area contributed by atoms with Gasteiger partial charge in [0.1, 0.15) is 0 Å². The number of carbonyl (C=O) groups excluding carboxylic acids is 1. The molecule has 0 aliphatic carbocycles. The molecule has 1 saturated heterocycles. The van der Waals surface area contributed by atoms with Crippen molar-refractivity contribution in [2.45, 2.75) is 19.3 Å². The van der Waals surface area contributed by atoms with Gasteiger partial charge in [0.2, 0.25) is 0 Å². The van der Waals surface area contributed by atoms with Crippen molar-refractivity contribution in [2.75, 3.05) is 39.3 Å². The van der Waals surface area contributed by atoms with Crippen molar-refractivity contribution in [1.82, 2.24) is 9.80 Å². The summed E-state index contributed by atoms with van der Waals surface area (Å²) in [7, 11) is 0. The molecule has 19 heavy (non-hydrogen) atoms. The van der Waals surface area contributed by atoms with Gasteiger partial charge in [-0.15, -0.1) is 0 Å². The second-order valence-electron chi connectivity index (χ2n) is 4.93. The van der Waals surface area contributed by atoms with Gasteiger partial charge in [0.15, 0.2) is 0 Å². The molecule has 1 aliphatic heterocycles. The molecule has 1 aliphatic rings. The molecule has 5 heteroatoms. The highest BCUT2D eigenvalue weighted by Crippen LogP contribution is 2.12. The van der Waals surface area contributed by atoms with Crippen LogP contribution in [0, 0.1) is 0 Å². The number of hydrogen-bond donors (Lipinski definition) is 1. The topological polar surface area (TPSA) is 43.8 Å². The molecule has 0 radical (unpaired) electrons. The van der Waals surface area contributed by atoms with Crippen LogP contribution < -0.4 is 0 Å². The lowest BCUT2D eigenvalue weighted by Gasteiger charge is -2.21. The molecule has 2 heterocycles. The lowest BCUT2D eigenvalue weighted by Crippen LogP contribution is -2.35. The number of carbonyl (C=O) groups is 1. The lowest BCUT2D eigenvalue weighted by molar-refractivity contribution is 0.0762. The van der Waals surface area contributed by atoms with Crippen LogP contribution in [0.5, 0.6) is 0 Å². The number of aliphatic hydroxyl groups is 1. The maximum absolute atomic E-state index is 12.3. The minimum absolute atomic E-state index is 0.165. The summed E-state index contributed by atoms with van der Waals surface area (Å²) >= 11 is 1.57. The second-order valence-corrected chi connectivity index (χ2v) is 5.71. The van der Waals surface area contributed by atoms with E-state index in [9.17, 15) is 4.79 Å². The molecule has 0 saturated carbocycles. The van der Waals surface area contributed by atoms with E-state index in [0.717, 1.165) is 57.5 Å². The molecule has 1 aromatic rings. The summed E-state index contributed by atoms with van der Waals surface area (Å²) in [5, 5.41) is 12.7. The smallest absolute Gasteiger partial charge is 0.254 e.